The van der Waals surface area contributed by atoms with E-state index < -0.39 is 12.0 Å². The highest BCUT2D eigenvalue weighted by Crippen LogP contribution is 2.37. The molecule has 1 aromatic carbocycles. The van der Waals surface area contributed by atoms with Gasteiger partial charge in [0.05, 0.1) is 30.8 Å². The van der Waals surface area contributed by atoms with Crippen molar-refractivity contribution in [2.75, 3.05) is 56.2 Å². The molecule has 4 heterocycles. The minimum atomic E-state index is -2.74. The van der Waals surface area contributed by atoms with Gasteiger partial charge in [0.25, 0.3) is 5.92 Å². The minimum absolute atomic E-state index is 0.0753. The Morgan fingerprint density at radius 2 is 2.05 bits per heavy atom. The molecule has 1 amide bonds. The van der Waals surface area contributed by atoms with E-state index in [1.165, 1.54) is 17.3 Å². The van der Waals surface area contributed by atoms with Gasteiger partial charge in [-0.15, -0.1) is 0 Å². The number of nitrogens with zero attached hydrogens (tertiary/aromatic N) is 7. The van der Waals surface area contributed by atoms with Crippen LogP contribution in [0.15, 0.2) is 36.9 Å². The highest BCUT2D eigenvalue weighted by Gasteiger charge is 2.43. The molecule has 3 aliphatic heterocycles. The van der Waals surface area contributed by atoms with Crippen LogP contribution < -0.4 is 14.5 Å². The predicted molar refractivity (Wildman–Crippen MR) is 160 cm³/mol. The number of piperazine rings is 1. The van der Waals surface area contributed by atoms with Gasteiger partial charge < -0.3 is 19.4 Å². The lowest BCUT2D eigenvalue weighted by Crippen LogP contribution is -2.55. The molecule has 0 spiro atoms. The van der Waals surface area contributed by atoms with E-state index in [0.717, 1.165) is 55.7 Å². The lowest BCUT2D eigenvalue weighted by molar-refractivity contribution is -0.128. The quantitative estimate of drug-likeness (QED) is 0.452. The van der Waals surface area contributed by atoms with Gasteiger partial charge in [-0.25, -0.2) is 8.78 Å². The second-order valence-corrected chi connectivity index (χ2v) is 12.2. The van der Waals surface area contributed by atoms with Crippen molar-refractivity contribution in [2.45, 2.75) is 69.0 Å². The molecule has 0 bridgehead atoms. The number of ether oxygens (including phenoxy) is 1. The summed E-state index contributed by atoms with van der Waals surface area (Å²) in [6, 6.07) is 10.6. The summed E-state index contributed by atoms with van der Waals surface area (Å²) in [7, 11) is 1.69. The van der Waals surface area contributed by atoms with Crippen LogP contribution >= 0.6 is 0 Å². The van der Waals surface area contributed by atoms with Crippen molar-refractivity contribution < 1.29 is 18.3 Å². The van der Waals surface area contributed by atoms with Gasteiger partial charge >= 0.3 is 6.01 Å². The van der Waals surface area contributed by atoms with Crippen molar-refractivity contribution in [3.8, 4) is 12.1 Å². The molecule has 0 saturated carbocycles. The maximum Gasteiger partial charge on any atom is 0.318 e. The summed E-state index contributed by atoms with van der Waals surface area (Å²) < 4.78 is 34.2. The molecule has 2 unspecified atom stereocenters. The summed E-state index contributed by atoms with van der Waals surface area (Å²) in [6.45, 7) is 5.86. The molecular formula is C32H39F2N7O2. The predicted octanol–water partition coefficient (Wildman–Crippen LogP) is 3.62. The minimum Gasteiger partial charge on any atom is -0.462 e. The third kappa shape index (κ3) is 6.03. The summed E-state index contributed by atoms with van der Waals surface area (Å²) in [4.78, 5) is 30.2. The van der Waals surface area contributed by atoms with Crippen LogP contribution in [-0.4, -0.2) is 96.1 Å². The van der Waals surface area contributed by atoms with Gasteiger partial charge in [0, 0.05) is 62.4 Å². The number of carbonyl (C=O) groups is 1. The van der Waals surface area contributed by atoms with Crippen LogP contribution in [0.5, 0.6) is 6.01 Å². The van der Waals surface area contributed by atoms with Gasteiger partial charge in [0.15, 0.2) is 0 Å². The van der Waals surface area contributed by atoms with E-state index in [0.29, 0.717) is 19.6 Å². The number of likely N-dealkylation sites (tertiary alicyclic amines) is 1. The maximum atomic E-state index is 14.0. The molecule has 0 N–H and O–H groups in total. The number of alkyl halides is 2. The Kier molecular flexibility index (Phi) is 8.23. The van der Waals surface area contributed by atoms with Crippen molar-refractivity contribution >= 4 is 17.4 Å². The molecule has 2 saturated heterocycles. The summed E-state index contributed by atoms with van der Waals surface area (Å²) in [5.74, 6) is -2.16. The molecule has 0 radical (unpaired) electrons. The molecule has 2 fully saturated rings. The largest absolute Gasteiger partial charge is 0.462 e. The van der Waals surface area contributed by atoms with Gasteiger partial charge in [-0.1, -0.05) is 24.8 Å². The SMILES string of the molecule is C=CC(=O)N1CCN(c2nc(OCC3CC(F)(F)CN3C)nc3c2CCC(N2CCCc4ccccc42)C3)C[C@@H]1CC#N. The van der Waals surface area contributed by atoms with Crippen molar-refractivity contribution in [1.82, 2.24) is 19.8 Å². The van der Waals surface area contributed by atoms with Gasteiger partial charge in [0.2, 0.25) is 5.91 Å². The van der Waals surface area contributed by atoms with Crippen LogP contribution in [0.25, 0.3) is 0 Å². The Hall–Kier alpha value is -3.78. The second-order valence-electron chi connectivity index (χ2n) is 12.2. The third-order valence-electron chi connectivity index (χ3n) is 9.40. The van der Waals surface area contributed by atoms with Crippen molar-refractivity contribution in [2.24, 2.45) is 0 Å². The molecule has 228 valence electrons. The zero-order valence-corrected chi connectivity index (χ0v) is 24.7. The van der Waals surface area contributed by atoms with Crippen molar-refractivity contribution in [3.05, 3.63) is 53.7 Å². The standard InChI is InChI=1S/C32H39F2N7O2/c1-3-29(42)41-16-15-39(19-24(41)12-13-35)30-26-11-10-23(40-14-6-8-22-7-4-5-9-28(22)40)17-27(26)36-31(37-30)43-20-25-18-32(33,34)21-38(25)2/h3-5,7,9,23-25H,1,6,8,10-12,14-21H2,2H3/t23?,24-,25?/m0/s1. The normalized spacial score (nSPS) is 25.1. The molecule has 43 heavy (non-hydrogen) atoms. The number of rotatable bonds is 7. The number of anilines is 2. The van der Waals surface area contributed by atoms with E-state index in [2.05, 4.69) is 46.7 Å². The first-order valence-electron chi connectivity index (χ1n) is 15.3. The number of aryl methyl sites for hydroxylation is 1. The van der Waals surface area contributed by atoms with Crippen LogP contribution in [0.2, 0.25) is 0 Å². The Balaban J connectivity index is 1.29. The topological polar surface area (TPSA) is 88.8 Å². The zero-order valence-electron chi connectivity index (χ0n) is 24.7. The Bertz CT molecular complexity index is 1410. The number of likely N-dealkylation sites (N-methyl/N-ethyl adjacent to an activating group) is 1. The van der Waals surface area contributed by atoms with E-state index in [1.54, 1.807) is 16.8 Å². The first-order valence-corrected chi connectivity index (χ1v) is 15.3. The first-order chi connectivity index (χ1) is 20.8. The van der Waals surface area contributed by atoms with E-state index in [4.69, 9.17) is 14.7 Å². The van der Waals surface area contributed by atoms with Crippen LogP contribution in [0.4, 0.5) is 20.3 Å². The lowest BCUT2D eigenvalue weighted by Gasteiger charge is -2.43. The number of hydrogen-bond acceptors (Lipinski definition) is 8. The van der Waals surface area contributed by atoms with Gasteiger partial charge in [-0.05, 0) is 50.4 Å². The van der Waals surface area contributed by atoms with E-state index in [9.17, 15) is 18.8 Å². The first kappa shape index (κ1) is 29.3. The number of nitriles is 1. The Morgan fingerprint density at radius 3 is 2.81 bits per heavy atom. The van der Waals surface area contributed by atoms with Crippen LogP contribution in [0.3, 0.4) is 0 Å². The van der Waals surface area contributed by atoms with Crippen LogP contribution in [0.1, 0.15) is 42.5 Å². The number of benzene rings is 1. The lowest BCUT2D eigenvalue weighted by atomic mass is 9.88. The number of fused-ring (bicyclic) bond motifs is 2. The summed E-state index contributed by atoms with van der Waals surface area (Å²) >= 11 is 0. The zero-order chi connectivity index (χ0) is 30.1. The molecule has 6 rings (SSSR count). The Morgan fingerprint density at radius 1 is 1.21 bits per heavy atom. The number of amides is 1. The molecule has 1 aliphatic carbocycles. The van der Waals surface area contributed by atoms with Gasteiger partial charge in [0.1, 0.15) is 12.4 Å². The molecule has 11 heteroatoms. The molecule has 3 atom stereocenters. The fraction of sp³-hybridized carbons (Fsp3) is 0.562. The smallest absolute Gasteiger partial charge is 0.318 e. The van der Waals surface area contributed by atoms with Crippen LogP contribution in [0, 0.1) is 11.3 Å². The molecular weight excluding hydrogens is 552 g/mol. The number of carbonyl (C=O) groups excluding carboxylic acids is 1. The number of halogens is 2. The number of aromatic nitrogens is 2. The number of para-hydroxylation sites is 1. The fourth-order valence-electron chi connectivity index (χ4n) is 7.24. The monoisotopic (exact) mass is 591 g/mol. The summed E-state index contributed by atoms with van der Waals surface area (Å²) in [5, 5.41) is 9.50. The van der Waals surface area contributed by atoms with E-state index in [1.807, 2.05) is 0 Å². The second kappa shape index (κ2) is 12.1. The maximum absolute atomic E-state index is 14.0. The van der Waals surface area contributed by atoms with Crippen molar-refractivity contribution in [3.63, 3.8) is 0 Å². The average molecular weight is 592 g/mol. The molecule has 1 aromatic heterocycles. The Labute approximate surface area is 251 Å². The number of hydrogen-bond donors (Lipinski definition) is 0. The summed E-state index contributed by atoms with van der Waals surface area (Å²) in [6.07, 6.45) is 5.90. The van der Waals surface area contributed by atoms with Crippen LogP contribution in [-0.2, 0) is 24.1 Å². The van der Waals surface area contributed by atoms with E-state index in [-0.39, 0.29) is 50.0 Å². The third-order valence-corrected chi connectivity index (χ3v) is 9.40. The fourth-order valence-corrected chi connectivity index (χ4v) is 7.24. The molecule has 9 nitrogen and oxygen atoms in total. The van der Waals surface area contributed by atoms with Gasteiger partial charge in [-0.3, -0.25) is 9.69 Å². The summed E-state index contributed by atoms with van der Waals surface area (Å²) in [5.41, 5.74) is 4.66. The molecule has 4 aliphatic rings. The average Bonchev–Trinajstić information content (AvgIpc) is 3.29. The molecule has 2 aromatic rings. The highest BCUT2D eigenvalue weighted by molar-refractivity contribution is 5.87. The van der Waals surface area contributed by atoms with Crippen molar-refractivity contribution in [1.29, 1.82) is 5.26 Å². The van der Waals surface area contributed by atoms with E-state index >= 15 is 0 Å². The highest BCUT2D eigenvalue weighted by atomic mass is 19.3. The van der Waals surface area contributed by atoms with Gasteiger partial charge in [-0.2, -0.15) is 15.2 Å².